The van der Waals surface area contributed by atoms with Gasteiger partial charge in [-0.05, 0) is 43.3 Å². The van der Waals surface area contributed by atoms with Gasteiger partial charge in [-0.15, -0.1) is 0 Å². The number of pyridine rings is 2. The van der Waals surface area contributed by atoms with Gasteiger partial charge in [0.1, 0.15) is 0 Å². The van der Waals surface area contributed by atoms with Gasteiger partial charge in [-0.25, -0.2) is 4.68 Å². The number of aromatic nitrogens is 4. The van der Waals surface area contributed by atoms with Crippen LogP contribution in [0.5, 0.6) is 0 Å². The second-order valence-electron chi connectivity index (χ2n) is 7.43. The fourth-order valence-corrected chi connectivity index (χ4v) is 3.28. The van der Waals surface area contributed by atoms with Crippen LogP contribution in [0.2, 0.25) is 0 Å². The maximum absolute atomic E-state index is 13.5. The van der Waals surface area contributed by atoms with Crippen molar-refractivity contribution in [2.45, 2.75) is 19.3 Å². The Morgan fingerprint density at radius 2 is 1.74 bits per heavy atom. The summed E-state index contributed by atoms with van der Waals surface area (Å²) in [4.78, 5) is 21.0. The van der Waals surface area contributed by atoms with Crippen LogP contribution in [0.1, 0.15) is 27.2 Å². The molecule has 3 heterocycles. The maximum atomic E-state index is 13.5. The van der Waals surface area contributed by atoms with Crippen molar-refractivity contribution < 1.29 is 31.1 Å². The third-order valence-electron chi connectivity index (χ3n) is 4.98. The molecule has 12 heteroatoms. The van der Waals surface area contributed by atoms with Gasteiger partial charge in [0.2, 0.25) is 0 Å². The number of hydrogen-bond donors (Lipinski definition) is 1. The number of aryl methyl sites for hydroxylation is 1. The fraction of sp³-hybridized carbons (Fsp3) is 0.130. The van der Waals surface area contributed by atoms with Crippen LogP contribution in [-0.4, -0.2) is 25.7 Å². The molecule has 0 spiro atoms. The number of nitrogens with zero attached hydrogens (tertiary/aromatic N) is 4. The molecule has 4 rings (SSSR count). The van der Waals surface area contributed by atoms with E-state index >= 15 is 0 Å². The molecule has 1 aromatic carbocycles. The third kappa shape index (κ3) is 5.15. The van der Waals surface area contributed by atoms with Crippen molar-refractivity contribution in [1.82, 2.24) is 19.7 Å². The first-order valence-electron chi connectivity index (χ1n) is 9.96. The van der Waals surface area contributed by atoms with E-state index in [1.165, 1.54) is 19.3 Å². The number of nitrogens with one attached hydrogen (secondary N) is 1. The monoisotopic (exact) mass is 491 g/mol. The first-order valence-corrected chi connectivity index (χ1v) is 9.96. The van der Waals surface area contributed by atoms with E-state index in [1.54, 1.807) is 30.5 Å². The van der Waals surface area contributed by atoms with Gasteiger partial charge in [-0.3, -0.25) is 14.8 Å². The zero-order chi connectivity index (χ0) is 25.4. The number of hydrogen-bond acceptors (Lipinski definition) is 4. The number of anilines is 1. The van der Waals surface area contributed by atoms with Crippen molar-refractivity contribution in [3.63, 3.8) is 0 Å². The molecule has 0 fully saturated rings. The molecule has 3 aromatic heterocycles. The summed E-state index contributed by atoms with van der Waals surface area (Å²) in [7, 11) is 0. The molecule has 1 N–H and O–H groups in total. The number of amides is 1. The van der Waals surface area contributed by atoms with Crippen LogP contribution in [-0.2, 0) is 12.4 Å². The van der Waals surface area contributed by atoms with E-state index in [0.29, 0.717) is 23.4 Å². The topological polar surface area (TPSA) is 72.7 Å². The SMILES string of the molecule is Cc1nn(-c2ccc(C(F)(F)F)cc2C(F)(F)F)cc1NC(=O)c1cncc(-c2ccccn2)c1. The first kappa shape index (κ1) is 23.9. The van der Waals surface area contributed by atoms with E-state index in [0.717, 1.165) is 10.9 Å². The summed E-state index contributed by atoms with van der Waals surface area (Å²) in [5.41, 5.74) is -2.03. The molecule has 0 atom stereocenters. The van der Waals surface area contributed by atoms with Crippen molar-refractivity contribution in [1.29, 1.82) is 0 Å². The Bertz CT molecular complexity index is 1380. The Labute approximate surface area is 194 Å². The summed E-state index contributed by atoms with van der Waals surface area (Å²) in [5, 5.41) is 6.50. The number of rotatable bonds is 4. The molecule has 0 saturated heterocycles. The number of halogens is 6. The van der Waals surface area contributed by atoms with Gasteiger partial charge in [0.25, 0.3) is 5.91 Å². The van der Waals surface area contributed by atoms with Gasteiger partial charge < -0.3 is 5.32 Å². The second kappa shape index (κ2) is 8.85. The lowest BCUT2D eigenvalue weighted by Crippen LogP contribution is -2.15. The minimum Gasteiger partial charge on any atom is -0.319 e. The molecular formula is C23H15F6N5O. The second-order valence-corrected chi connectivity index (χ2v) is 7.43. The molecule has 0 aliphatic carbocycles. The number of alkyl halides is 6. The summed E-state index contributed by atoms with van der Waals surface area (Å²) < 4.78 is 80.2. The summed E-state index contributed by atoms with van der Waals surface area (Å²) in [6.07, 6.45) is -4.52. The Morgan fingerprint density at radius 3 is 2.40 bits per heavy atom. The predicted octanol–water partition coefficient (Wildman–Crippen LogP) is 5.93. The highest BCUT2D eigenvalue weighted by molar-refractivity contribution is 6.04. The molecule has 4 aromatic rings. The van der Waals surface area contributed by atoms with Gasteiger partial charge in [0, 0.05) is 24.2 Å². The normalized spacial score (nSPS) is 12.0. The Balaban J connectivity index is 1.65. The Morgan fingerprint density at radius 1 is 0.971 bits per heavy atom. The lowest BCUT2D eigenvalue weighted by Gasteiger charge is -2.15. The molecule has 180 valence electrons. The van der Waals surface area contributed by atoms with E-state index in [9.17, 15) is 31.1 Å². The lowest BCUT2D eigenvalue weighted by molar-refractivity contribution is -0.143. The summed E-state index contributed by atoms with van der Waals surface area (Å²) in [6, 6.07) is 8.02. The zero-order valence-electron chi connectivity index (χ0n) is 17.8. The summed E-state index contributed by atoms with van der Waals surface area (Å²) in [6.45, 7) is 1.44. The maximum Gasteiger partial charge on any atom is 0.418 e. The van der Waals surface area contributed by atoms with E-state index in [-0.39, 0.29) is 23.0 Å². The van der Waals surface area contributed by atoms with E-state index in [4.69, 9.17) is 0 Å². The molecule has 0 aliphatic rings. The molecule has 0 bridgehead atoms. The van der Waals surface area contributed by atoms with Crippen molar-refractivity contribution >= 4 is 11.6 Å². The average Bonchev–Trinajstić information content (AvgIpc) is 3.18. The highest BCUT2D eigenvalue weighted by Crippen LogP contribution is 2.38. The van der Waals surface area contributed by atoms with Gasteiger partial charge in [0.15, 0.2) is 0 Å². The smallest absolute Gasteiger partial charge is 0.319 e. The molecule has 0 aliphatic heterocycles. The minimum absolute atomic E-state index is 0.0272. The van der Waals surface area contributed by atoms with Crippen LogP contribution in [0.4, 0.5) is 32.0 Å². The number of carbonyl (C=O) groups is 1. The van der Waals surface area contributed by atoms with Crippen LogP contribution in [0.3, 0.4) is 0 Å². The zero-order valence-corrected chi connectivity index (χ0v) is 17.8. The molecule has 0 radical (unpaired) electrons. The van der Waals surface area contributed by atoms with Crippen LogP contribution >= 0.6 is 0 Å². The van der Waals surface area contributed by atoms with Crippen LogP contribution in [0.15, 0.2) is 67.3 Å². The van der Waals surface area contributed by atoms with E-state index < -0.39 is 35.1 Å². The third-order valence-corrected chi connectivity index (χ3v) is 4.98. The Hall–Kier alpha value is -4.22. The van der Waals surface area contributed by atoms with Crippen molar-refractivity contribution in [2.24, 2.45) is 0 Å². The molecule has 0 saturated carbocycles. The van der Waals surface area contributed by atoms with Crippen LogP contribution in [0, 0.1) is 6.92 Å². The number of carbonyl (C=O) groups excluding carboxylic acids is 1. The van der Waals surface area contributed by atoms with E-state index in [2.05, 4.69) is 20.4 Å². The van der Waals surface area contributed by atoms with Gasteiger partial charge >= 0.3 is 12.4 Å². The Kier molecular flexibility index (Phi) is 6.05. The molecule has 1 amide bonds. The van der Waals surface area contributed by atoms with Gasteiger partial charge in [-0.2, -0.15) is 31.4 Å². The summed E-state index contributed by atoms with van der Waals surface area (Å²) in [5.74, 6) is -0.610. The van der Waals surface area contributed by atoms with Crippen LogP contribution < -0.4 is 5.32 Å². The molecule has 0 unspecified atom stereocenters. The van der Waals surface area contributed by atoms with Crippen molar-refractivity contribution in [3.8, 4) is 16.9 Å². The van der Waals surface area contributed by atoms with Gasteiger partial charge in [0.05, 0.1) is 45.6 Å². The molecule has 35 heavy (non-hydrogen) atoms. The minimum atomic E-state index is -5.07. The molecular weight excluding hydrogens is 476 g/mol. The summed E-state index contributed by atoms with van der Waals surface area (Å²) >= 11 is 0. The first-order chi connectivity index (χ1) is 16.4. The predicted molar refractivity (Wildman–Crippen MR) is 114 cm³/mol. The lowest BCUT2D eigenvalue weighted by atomic mass is 10.1. The van der Waals surface area contributed by atoms with Crippen molar-refractivity contribution in [3.05, 3.63) is 89.6 Å². The highest BCUT2D eigenvalue weighted by Gasteiger charge is 2.39. The average molecular weight is 491 g/mol. The van der Waals surface area contributed by atoms with Gasteiger partial charge in [-0.1, -0.05) is 6.07 Å². The van der Waals surface area contributed by atoms with E-state index in [1.807, 2.05) is 0 Å². The quantitative estimate of drug-likeness (QED) is 0.360. The molecule has 6 nitrogen and oxygen atoms in total. The van der Waals surface area contributed by atoms with Crippen LogP contribution in [0.25, 0.3) is 16.9 Å². The number of benzene rings is 1. The standard InChI is InChI=1S/C23H15F6N5O/c1-13-19(32-21(35)15-8-14(10-30-11-15)18-4-2-3-7-31-18)12-34(33-13)20-6-5-16(22(24,25)26)9-17(20)23(27,28)29/h2-12H,1H3,(H,32,35). The van der Waals surface area contributed by atoms with Crippen molar-refractivity contribution in [2.75, 3.05) is 5.32 Å². The fourth-order valence-electron chi connectivity index (χ4n) is 3.28. The highest BCUT2D eigenvalue weighted by atomic mass is 19.4. The largest absolute Gasteiger partial charge is 0.418 e.